The lowest BCUT2D eigenvalue weighted by atomic mass is 9.95. The Balaban J connectivity index is 2.18. The Morgan fingerprint density at radius 1 is 1.15 bits per heavy atom. The average molecular weight is 290 g/mol. The predicted molar refractivity (Wildman–Crippen MR) is 75.0 cm³/mol. The van der Waals surface area contributed by atoms with Gasteiger partial charge in [-0.3, -0.25) is 0 Å². The van der Waals surface area contributed by atoms with Crippen LogP contribution in [0.4, 0.5) is 8.78 Å². The van der Waals surface area contributed by atoms with E-state index in [1.165, 1.54) is 12.1 Å². The fourth-order valence-electron chi connectivity index (χ4n) is 1.70. The molecule has 2 aromatic rings. The first-order valence-corrected chi connectivity index (χ1v) is 6.87. The summed E-state index contributed by atoms with van der Waals surface area (Å²) in [5.41, 5.74) is 5.52. The maximum atomic E-state index is 13.5. The van der Waals surface area contributed by atoms with Crippen molar-refractivity contribution in [2.45, 2.75) is 10.4 Å². The lowest BCUT2D eigenvalue weighted by molar-refractivity contribution is 0.565. The second kappa shape index (κ2) is 6.04. The van der Waals surface area contributed by atoms with Crippen molar-refractivity contribution in [1.82, 2.24) is 0 Å². The minimum absolute atomic E-state index is 0.177. The second-order valence-corrected chi connectivity index (χ2v) is 5.33. The summed E-state index contributed by atoms with van der Waals surface area (Å²) in [6, 6.07) is 14.3. The zero-order chi connectivity index (χ0) is 14.6. The normalized spacial score (nSPS) is 13.5. The van der Waals surface area contributed by atoms with Crippen molar-refractivity contribution in [3.8, 4) is 6.07 Å². The number of nitrogens with two attached hydrogens (primary N) is 1. The molecule has 2 aromatic carbocycles. The number of halogens is 2. The van der Waals surface area contributed by atoms with Crippen molar-refractivity contribution in [3.05, 3.63) is 65.7 Å². The molecule has 0 aliphatic carbocycles. The number of thioether (sulfide) groups is 1. The molecule has 0 heterocycles. The van der Waals surface area contributed by atoms with Crippen LogP contribution in [0.3, 0.4) is 0 Å². The summed E-state index contributed by atoms with van der Waals surface area (Å²) in [5, 5.41) is 9.29. The molecule has 0 saturated carbocycles. The van der Waals surface area contributed by atoms with Gasteiger partial charge in [0.15, 0.2) is 0 Å². The van der Waals surface area contributed by atoms with E-state index < -0.39 is 17.2 Å². The summed E-state index contributed by atoms with van der Waals surface area (Å²) in [6.07, 6.45) is 0. The van der Waals surface area contributed by atoms with Crippen molar-refractivity contribution < 1.29 is 8.78 Å². The van der Waals surface area contributed by atoms with Crippen molar-refractivity contribution >= 4 is 11.8 Å². The number of hydrogen-bond donors (Lipinski definition) is 1. The lowest BCUT2D eigenvalue weighted by Gasteiger charge is -2.21. The van der Waals surface area contributed by atoms with E-state index in [0.717, 1.165) is 17.8 Å². The number of nitrogens with zero attached hydrogens (tertiary/aromatic N) is 1. The molecule has 0 saturated heterocycles. The van der Waals surface area contributed by atoms with Crippen LogP contribution in [0, 0.1) is 23.0 Å². The topological polar surface area (TPSA) is 49.8 Å². The number of nitriles is 1. The van der Waals surface area contributed by atoms with Crippen LogP contribution in [0.25, 0.3) is 0 Å². The summed E-state index contributed by atoms with van der Waals surface area (Å²) >= 11 is 1.09. The van der Waals surface area contributed by atoms with Crippen LogP contribution < -0.4 is 5.73 Å². The van der Waals surface area contributed by atoms with Gasteiger partial charge in [0, 0.05) is 16.7 Å². The fourth-order valence-corrected chi connectivity index (χ4v) is 2.68. The molecule has 102 valence electrons. The van der Waals surface area contributed by atoms with Gasteiger partial charge in [0.25, 0.3) is 0 Å². The molecule has 2 nitrogen and oxygen atoms in total. The van der Waals surface area contributed by atoms with Gasteiger partial charge in [0.1, 0.15) is 17.2 Å². The molecule has 20 heavy (non-hydrogen) atoms. The quantitative estimate of drug-likeness (QED) is 0.878. The first-order valence-electron chi connectivity index (χ1n) is 5.89. The molecular weight excluding hydrogens is 278 g/mol. The minimum atomic E-state index is -1.22. The summed E-state index contributed by atoms with van der Waals surface area (Å²) in [4.78, 5) is 0.271. The molecule has 1 atom stereocenters. The second-order valence-electron chi connectivity index (χ2n) is 4.31. The van der Waals surface area contributed by atoms with E-state index in [4.69, 9.17) is 5.73 Å². The van der Waals surface area contributed by atoms with Crippen molar-refractivity contribution in [2.24, 2.45) is 5.73 Å². The third kappa shape index (κ3) is 3.16. The molecule has 0 spiro atoms. The Hall–Kier alpha value is -1.90. The van der Waals surface area contributed by atoms with Gasteiger partial charge in [0.05, 0.1) is 6.07 Å². The molecule has 2 rings (SSSR count). The molecule has 5 heteroatoms. The van der Waals surface area contributed by atoms with Crippen LogP contribution in [0.1, 0.15) is 5.56 Å². The van der Waals surface area contributed by atoms with Crippen molar-refractivity contribution in [3.63, 3.8) is 0 Å². The summed E-state index contributed by atoms with van der Waals surface area (Å²) in [5.74, 6) is -1.10. The first-order chi connectivity index (χ1) is 9.55. The van der Waals surface area contributed by atoms with Crippen LogP contribution in [0.5, 0.6) is 0 Å². The van der Waals surface area contributed by atoms with Crippen LogP contribution in [-0.4, -0.2) is 5.75 Å². The fraction of sp³-hybridized carbons (Fsp3) is 0.133. The van der Waals surface area contributed by atoms with E-state index in [2.05, 4.69) is 6.07 Å². The average Bonchev–Trinajstić information content (AvgIpc) is 2.47. The SMILES string of the molecule is N#CC(N)(CSc1ccc(F)cc1F)c1ccccc1. The highest BCUT2D eigenvalue weighted by Crippen LogP contribution is 2.29. The molecule has 0 amide bonds. The van der Waals surface area contributed by atoms with E-state index in [1.807, 2.05) is 6.07 Å². The summed E-state index contributed by atoms with van der Waals surface area (Å²) in [6.45, 7) is 0. The van der Waals surface area contributed by atoms with Gasteiger partial charge in [-0.1, -0.05) is 30.3 Å². The largest absolute Gasteiger partial charge is 0.309 e. The van der Waals surface area contributed by atoms with E-state index in [0.29, 0.717) is 5.56 Å². The Bertz CT molecular complexity index is 640. The molecule has 0 aliphatic rings. The predicted octanol–water partition coefficient (Wildman–Crippen LogP) is 3.43. The smallest absolute Gasteiger partial charge is 0.139 e. The van der Waals surface area contributed by atoms with Gasteiger partial charge in [0.2, 0.25) is 0 Å². The third-order valence-corrected chi connectivity index (χ3v) is 4.08. The molecule has 0 aliphatic heterocycles. The zero-order valence-electron chi connectivity index (χ0n) is 10.5. The Kier molecular flexibility index (Phi) is 4.38. The van der Waals surface area contributed by atoms with Crippen LogP contribution in [0.15, 0.2) is 53.4 Å². The highest BCUT2D eigenvalue weighted by atomic mass is 32.2. The van der Waals surface area contributed by atoms with E-state index in [1.54, 1.807) is 24.3 Å². The number of hydrogen-bond acceptors (Lipinski definition) is 3. The van der Waals surface area contributed by atoms with E-state index in [-0.39, 0.29) is 10.6 Å². The highest BCUT2D eigenvalue weighted by Gasteiger charge is 2.27. The third-order valence-electron chi connectivity index (χ3n) is 2.84. The Morgan fingerprint density at radius 3 is 2.45 bits per heavy atom. The highest BCUT2D eigenvalue weighted by molar-refractivity contribution is 7.99. The maximum absolute atomic E-state index is 13.5. The van der Waals surface area contributed by atoms with Gasteiger partial charge >= 0.3 is 0 Å². The number of benzene rings is 2. The Morgan fingerprint density at radius 2 is 1.85 bits per heavy atom. The van der Waals surface area contributed by atoms with Crippen LogP contribution >= 0.6 is 11.8 Å². The monoisotopic (exact) mass is 290 g/mol. The van der Waals surface area contributed by atoms with Crippen molar-refractivity contribution in [1.29, 1.82) is 5.26 Å². The molecule has 2 N–H and O–H groups in total. The maximum Gasteiger partial charge on any atom is 0.139 e. The Labute approximate surface area is 120 Å². The molecule has 1 unspecified atom stereocenters. The van der Waals surface area contributed by atoms with E-state index in [9.17, 15) is 14.0 Å². The lowest BCUT2D eigenvalue weighted by Crippen LogP contribution is -2.37. The molecule has 0 bridgehead atoms. The molecular formula is C15H12F2N2S. The summed E-state index contributed by atoms with van der Waals surface area (Å²) < 4.78 is 26.4. The van der Waals surface area contributed by atoms with Crippen LogP contribution in [0.2, 0.25) is 0 Å². The zero-order valence-corrected chi connectivity index (χ0v) is 11.3. The number of rotatable bonds is 4. The van der Waals surface area contributed by atoms with Gasteiger partial charge in [-0.05, 0) is 17.7 Å². The van der Waals surface area contributed by atoms with Crippen LogP contribution in [-0.2, 0) is 5.54 Å². The van der Waals surface area contributed by atoms with Gasteiger partial charge < -0.3 is 5.73 Å². The van der Waals surface area contributed by atoms with Gasteiger partial charge in [-0.25, -0.2) is 8.78 Å². The standard InChI is InChI=1S/C15H12F2N2S/c16-12-6-7-14(13(17)8-12)20-10-15(19,9-18)11-4-2-1-3-5-11/h1-8H,10,19H2. The van der Waals surface area contributed by atoms with E-state index >= 15 is 0 Å². The minimum Gasteiger partial charge on any atom is -0.309 e. The molecule has 0 radical (unpaired) electrons. The molecule has 0 fully saturated rings. The summed E-state index contributed by atoms with van der Waals surface area (Å²) in [7, 11) is 0. The van der Waals surface area contributed by atoms with Gasteiger partial charge in [-0.2, -0.15) is 5.26 Å². The van der Waals surface area contributed by atoms with Crippen molar-refractivity contribution in [2.75, 3.05) is 5.75 Å². The first kappa shape index (κ1) is 14.5. The van der Waals surface area contributed by atoms with Gasteiger partial charge in [-0.15, -0.1) is 11.8 Å². The molecule has 0 aromatic heterocycles.